The largest absolute Gasteiger partial charge is 0.469 e. The maximum atomic E-state index is 12.3. The summed E-state index contributed by atoms with van der Waals surface area (Å²) in [5.41, 5.74) is 7.19. The fourth-order valence-corrected chi connectivity index (χ4v) is 3.40. The number of anilines is 1. The van der Waals surface area contributed by atoms with E-state index in [1.807, 2.05) is 12.1 Å². The van der Waals surface area contributed by atoms with Gasteiger partial charge >= 0.3 is 5.97 Å². The highest BCUT2D eigenvalue weighted by molar-refractivity contribution is 7.89. The predicted octanol–water partition coefficient (Wildman–Crippen LogP) is 1.37. The Hall–Kier alpha value is -1.60. The van der Waals surface area contributed by atoms with Crippen LogP contribution in [0.2, 0.25) is 0 Å². The van der Waals surface area contributed by atoms with Crippen molar-refractivity contribution in [2.45, 2.75) is 26.3 Å². The molecule has 1 aromatic rings. The van der Waals surface area contributed by atoms with Crippen LogP contribution in [0.5, 0.6) is 0 Å². The quantitative estimate of drug-likeness (QED) is 0.578. The fraction of sp³-hybridized carbons (Fsp3) is 0.500. The molecule has 0 atom stereocenters. The van der Waals surface area contributed by atoms with Gasteiger partial charge in [0.05, 0.1) is 12.9 Å². The van der Waals surface area contributed by atoms with Crippen molar-refractivity contribution in [3.05, 3.63) is 29.8 Å². The summed E-state index contributed by atoms with van der Waals surface area (Å²) in [7, 11) is -2.14. The van der Waals surface area contributed by atoms with Gasteiger partial charge in [-0.3, -0.25) is 4.79 Å². The number of carbonyl (C=O) groups is 1. The summed E-state index contributed by atoms with van der Waals surface area (Å²) in [5.74, 6) is -0.483. The molecule has 0 bridgehead atoms. The molecule has 1 aromatic carbocycles. The minimum Gasteiger partial charge on any atom is -0.469 e. The standard InChI is InChI=1S/C14H22N2O4S/c1-3-16(11-12-7-4-5-8-13(12)15)21(18,19)10-6-9-14(17)20-2/h4-5,7-8H,3,6,9-11,15H2,1-2H3. The number of ether oxygens (including phenoxy) is 1. The Morgan fingerprint density at radius 1 is 1.33 bits per heavy atom. The molecule has 0 saturated heterocycles. The Morgan fingerprint density at radius 3 is 2.57 bits per heavy atom. The maximum absolute atomic E-state index is 12.3. The van der Waals surface area contributed by atoms with E-state index in [4.69, 9.17) is 5.73 Å². The van der Waals surface area contributed by atoms with Gasteiger partial charge in [0.1, 0.15) is 0 Å². The normalized spacial score (nSPS) is 11.6. The van der Waals surface area contributed by atoms with Crippen LogP contribution in [-0.4, -0.2) is 38.1 Å². The Kier molecular flexibility index (Phi) is 6.64. The molecule has 0 aromatic heterocycles. The molecule has 0 saturated carbocycles. The van der Waals surface area contributed by atoms with Crippen LogP contribution in [-0.2, 0) is 26.1 Å². The number of benzene rings is 1. The summed E-state index contributed by atoms with van der Waals surface area (Å²) in [6.45, 7) is 2.37. The van der Waals surface area contributed by atoms with Gasteiger partial charge in [0.2, 0.25) is 10.0 Å². The number of nitrogens with zero attached hydrogens (tertiary/aromatic N) is 1. The van der Waals surface area contributed by atoms with Gasteiger partial charge in [-0.1, -0.05) is 25.1 Å². The molecule has 0 unspecified atom stereocenters. The third-order valence-corrected chi connectivity index (χ3v) is 5.14. The fourth-order valence-electron chi connectivity index (χ4n) is 1.91. The Bertz CT molecular complexity index is 572. The molecule has 0 heterocycles. The van der Waals surface area contributed by atoms with Crippen molar-refractivity contribution in [2.75, 3.05) is 25.1 Å². The maximum Gasteiger partial charge on any atom is 0.305 e. The number of rotatable bonds is 8. The molecule has 2 N–H and O–H groups in total. The van der Waals surface area contributed by atoms with Crippen LogP contribution < -0.4 is 5.73 Å². The van der Waals surface area contributed by atoms with Crippen molar-refractivity contribution in [3.63, 3.8) is 0 Å². The number of methoxy groups -OCH3 is 1. The Labute approximate surface area is 125 Å². The highest BCUT2D eigenvalue weighted by atomic mass is 32.2. The van der Waals surface area contributed by atoms with Crippen LogP contribution >= 0.6 is 0 Å². The number of hydrogen-bond acceptors (Lipinski definition) is 5. The summed E-state index contributed by atoms with van der Waals surface area (Å²) in [6.07, 6.45) is 0.344. The lowest BCUT2D eigenvalue weighted by atomic mass is 10.2. The molecule has 6 nitrogen and oxygen atoms in total. The highest BCUT2D eigenvalue weighted by Crippen LogP contribution is 2.16. The molecular formula is C14H22N2O4S. The van der Waals surface area contributed by atoms with Crippen LogP contribution in [0.15, 0.2) is 24.3 Å². The first-order valence-electron chi connectivity index (χ1n) is 6.78. The van der Waals surface area contributed by atoms with Gasteiger partial charge in [0, 0.05) is 25.2 Å². The topological polar surface area (TPSA) is 89.7 Å². The first-order valence-corrected chi connectivity index (χ1v) is 8.39. The molecule has 1 rings (SSSR count). The lowest BCUT2D eigenvalue weighted by Gasteiger charge is -2.21. The summed E-state index contributed by atoms with van der Waals surface area (Å²) in [6, 6.07) is 7.18. The lowest BCUT2D eigenvalue weighted by molar-refractivity contribution is -0.140. The summed E-state index contributed by atoms with van der Waals surface area (Å²) in [5, 5.41) is 0. The van der Waals surface area contributed by atoms with Gasteiger partial charge in [-0.05, 0) is 18.1 Å². The molecule has 0 fully saturated rings. The van der Waals surface area contributed by atoms with Crippen LogP contribution in [0.1, 0.15) is 25.3 Å². The van der Waals surface area contributed by atoms with E-state index in [0.29, 0.717) is 12.2 Å². The van der Waals surface area contributed by atoms with E-state index in [0.717, 1.165) is 5.56 Å². The zero-order valence-corrected chi connectivity index (χ0v) is 13.2. The lowest BCUT2D eigenvalue weighted by Crippen LogP contribution is -2.32. The average molecular weight is 314 g/mol. The summed E-state index contributed by atoms with van der Waals surface area (Å²) >= 11 is 0. The number of para-hydroxylation sites is 1. The first-order chi connectivity index (χ1) is 9.90. The van der Waals surface area contributed by atoms with Crippen molar-refractivity contribution in [3.8, 4) is 0 Å². The van der Waals surface area contributed by atoms with Gasteiger partial charge in [-0.25, -0.2) is 8.42 Å². The van der Waals surface area contributed by atoms with Crippen molar-refractivity contribution in [1.29, 1.82) is 0 Å². The monoisotopic (exact) mass is 314 g/mol. The zero-order chi connectivity index (χ0) is 15.9. The van der Waals surface area contributed by atoms with E-state index < -0.39 is 16.0 Å². The van der Waals surface area contributed by atoms with Gasteiger partial charge < -0.3 is 10.5 Å². The van der Waals surface area contributed by atoms with Crippen molar-refractivity contribution >= 4 is 21.7 Å². The van der Waals surface area contributed by atoms with E-state index >= 15 is 0 Å². The van der Waals surface area contributed by atoms with Gasteiger partial charge in [0.15, 0.2) is 0 Å². The predicted molar refractivity (Wildman–Crippen MR) is 82.0 cm³/mol. The van der Waals surface area contributed by atoms with Gasteiger partial charge in [0.25, 0.3) is 0 Å². The first kappa shape index (κ1) is 17.5. The molecule has 7 heteroatoms. The smallest absolute Gasteiger partial charge is 0.305 e. The minimum absolute atomic E-state index is 0.0807. The second-order valence-corrected chi connectivity index (χ2v) is 6.71. The molecule has 0 amide bonds. The van der Waals surface area contributed by atoms with E-state index in [2.05, 4.69) is 4.74 Å². The number of nitrogen functional groups attached to an aromatic ring is 1. The van der Waals surface area contributed by atoms with E-state index in [1.54, 1.807) is 19.1 Å². The van der Waals surface area contributed by atoms with Gasteiger partial charge in [-0.15, -0.1) is 0 Å². The van der Waals surface area contributed by atoms with Crippen molar-refractivity contribution in [1.82, 2.24) is 4.31 Å². The van der Waals surface area contributed by atoms with Crippen LogP contribution in [0.3, 0.4) is 0 Å². The van der Waals surface area contributed by atoms with Crippen molar-refractivity contribution in [2.24, 2.45) is 0 Å². The number of nitrogens with two attached hydrogens (primary N) is 1. The average Bonchev–Trinajstić information content (AvgIpc) is 2.45. The molecule has 0 aliphatic heterocycles. The third-order valence-electron chi connectivity index (χ3n) is 3.16. The number of hydrogen-bond donors (Lipinski definition) is 1. The third kappa shape index (κ3) is 5.35. The highest BCUT2D eigenvalue weighted by Gasteiger charge is 2.21. The number of carbonyl (C=O) groups excluding carboxylic acids is 1. The molecule has 0 aliphatic carbocycles. The van der Waals surface area contributed by atoms with E-state index in [1.165, 1.54) is 11.4 Å². The molecule has 0 spiro atoms. The van der Waals surface area contributed by atoms with Gasteiger partial charge in [-0.2, -0.15) is 4.31 Å². The molecular weight excluding hydrogens is 292 g/mol. The molecule has 0 aliphatic rings. The minimum atomic E-state index is -3.42. The van der Waals surface area contributed by atoms with E-state index in [-0.39, 0.29) is 25.1 Å². The Balaban J connectivity index is 2.70. The summed E-state index contributed by atoms with van der Waals surface area (Å²) in [4.78, 5) is 11.0. The molecule has 0 radical (unpaired) electrons. The zero-order valence-electron chi connectivity index (χ0n) is 12.4. The Morgan fingerprint density at radius 2 is 2.00 bits per heavy atom. The van der Waals surface area contributed by atoms with E-state index in [9.17, 15) is 13.2 Å². The number of sulfonamides is 1. The SMILES string of the molecule is CCN(Cc1ccccc1N)S(=O)(=O)CCCC(=O)OC. The molecule has 118 valence electrons. The number of esters is 1. The second-order valence-electron chi connectivity index (χ2n) is 4.62. The second kappa shape index (κ2) is 7.99. The molecule has 21 heavy (non-hydrogen) atoms. The van der Waals surface area contributed by atoms with Crippen LogP contribution in [0.25, 0.3) is 0 Å². The van der Waals surface area contributed by atoms with Crippen molar-refractivity contribution < 1.29 is 17.9 Å². The summed E-state index contributed by atoms with van der Waals surface area (Å²) < 4.78 is 30.4. The van der Waals surface area contributed by atoms with Crippen LogP contribution in [0, 0.1) is 0 Å². The van der Waals surface area contributed by atoms with Crippen LogP contribution in [0.4, 0.5) is 5.69 Å².